The Balaban J connectivity index is 1.27. The SMILES string of the molecule is C=C(C)[C@@H]1CC[C@]2(N(c3ccccn3)S(C)(=O)=O)CC[C@]3(C)[C@H](CC[C@@H]4[C@@]5(C)CC=C(c6ccc(C(=O)OC)cc6)C(C)(C)[C@@H]5CC[C@]43C)[C@@H]12. The van der Waals surface area contributed by atoms with E-state index in [1.807, 2.05) is 30.3 Å². The first-order valence-corrected chi connectivity index (χ1v) is 20.8. The number of fused-ring (bicyclic) bond motifs is 7. The molecule has 0 amide bonds. The Hall–Kier alpha value is -2.93. The lowest BCUT2D eigenvalue weighted by Gasteiger charge is -2.72. The van der Waals surface area contributed by atoms with Crippen LogP contribution in [-0.2, 0) is 14.8 Å². The summed E-state index contributed by atoms with van der Waals surface area (Å²) in [7, 11) is -2.16. The number of methoxy groups -OCH3 is 1. The summed E-state index contributed by atoms with van der Waals surface area (Å²) in [6.07, 6.45) is 15.1. The van der Waals surface area contributed by atoms with Crippen LogP contribution in [0.5, 0.6) is 0 Å². The van der Waals surface area contributed by atoms with Gasteiger partial charge in [-0.15, -0.1) is 0 Å². The first kappa shape index (κ1) is 35.5. The second kappa shape index (κ2) is 11.8. The Morgan fingerprint density at radius 1 is 0.900 bits per heavy atom. The van der Waals surface area contributed by atoms with Gasteiger partial charge < -0.3 is 4.74 Å². The molecule has 0 unspecified atom stereocenters. The van der Waals surface area contributed by atoms with Gasteiger partial charge in [0.15, 0.2) is 0 Å². The second-order valence-electron chi connectivity index (χ2n) is 18.1. The molecular formula is C43H58N2O4S. The average molecular weight is 699 g/mol. The van der Waals surface area contributed by atoms with Crippen LogP contribution >= 0.6 is 0 Å². The lowest BCUT2D eigenvalue weighted by molar-refractivity contribution is -0.217. The zero-order valence-corrected chi connectivity index (χ0v) is 32.4. The minimum absolute atomic E-state index is 0.0181. The molecule has 7 rings (SSSR count). The number of anilines is 1. The summed E-state index contributed by atoms with van der Waals surface area (Å²) in [5.41, 5.74) is 4.25. The van der Waals surface area contributed by atoms with E-state index in [-0.39, 0.29) is 33.5 Å². The van der Waals surface area contributed by atoms with E-state index in [1.54, 1.807) is 10.5 Å². The molecule has 1 heterocycles. The van der Waals surface area contributed by atoms with Gasteiger partial charge in [-0.2, -0.15) is 0 Å². The minimum atomic E-state index is -3.59. The first-order valence-electron chi connectivity index (χ1n) is 18.9. The molecule has 4 saturated carbocycles. The topological polar surface area (TPSA) is 76.6 Å². The molecule has 0 N–H and O–H groups in total. The van der Waals surface area contributed by atoms with Crippen molar-refractivity contribution < 1.29 is 17.9 Å². The van der Waals surface area contributed by atoms with E-state index in [9.17, 15) is 13.2 Å². The van der Waals surface area contributed by atoms with E-state index in [2.05, 4.69) is 71.3 Å². The van der Waals surface area contributed by atoms with Gasteiger partial charge in [-0.25, -0.2) is 22.5 Å². The molecule has 50 heavy (non-hydrogen) atoms. The van der Waals surface area contributed by atoms with Crippen LogP contribution < -0.4 is 4.31 Å². The molecule has 0 saturated heterocycles. The van der Waals surface area contributed by atoms with Crippen molar-refractivity contribution in [1.82, 2.24) is 4.98 Å². The Labute approximate surface area is 301 Å². The molecule has 6 nitrogen and oxygen atoms in total. The number of carbonyl (C=O) groups is 1. The summed E-state index contributed by atoms with van der Waals surface area (Å²) in [4.78, 5) is 16.8. The number of benzene rings is 1. The van der Waals surface area contributed by atoms with Crippen molar-refractivity contribution in [1.29, 1.82) is 0 Å². The predicted octanol–water partition coefficient (Wildman–Crippen LogP) is 9.74. The van der Waals surface area contributed by atoms with Crippen molar-refractivity contribution in [2.24, 2.45) is 51.2 Å². The number of pyridine rings is 1. The third-order valence-corrected chi connectivity index (χ3v) is 17.0. The summed E-state index contributed by atoms with van der Waals surface area (Å²) < 4.78 is 34.5. The number of nitrogens with zero attached hydrogens (tertiary/aromatic N) is 2. The molecule has 0 bridgehead atoms. The summed E-state index contributed by atoms with van der Waals surface area (Å²) >= 11 is 0. The van der Waals surface area contributed by atoms with Crippen LogP contribution in [0.4, 0.5) is 5.82 Å². The van der Waals surface area contributed by atoms with Gasteiger partial charge in [-0.3, -0.25) is 0 Å². The highest BCUT2D eigenvalue weighted by molar-refractivity contribution is 7.92. The van der Waals surface area contributed by atoms with Gasteiger partial charge in [-0.05, 0) is 151 Å². The highest BCUT2D eigenvalue weighted by atomic mass is 32.2. The summed E-state index contributed by atoms with van der Waals surface area (Å²) in [6.45, 7) is 19.5. The molecule has 5 aliphatic carbocycles. The maximum atomic E-state index is 13.9. The number of aromatic nitrogens is 1. The fraction of sp³-hybridized carbons (Fsp3) is 0.628. The Kier molecular flexibility index (Phi) is 8.37. The van der Waals surface area contributed by atoms with Crippen LogP contribution in [-0.4, -0.2) is 38.3 Å². The third-order valence-electron chi connectivity index (χ3n) is 15.8. The van der Waals surface area contributed by atoms with Gasteiger partial charge in [0.05, 0.1) is 24.5 Å². The van der Waals surface area contributed by atoms with Crippen LogP contribution in [0.1, 0.15) is 115 Å². The number of esters is 1. The Morgan fingerprint density at radius 3 is 2.24 bits per heavy atom. The third kappa shape index (κ3) is 4.87. The molecule has 1 aromatic heterocycles. The maximum absolute atomic E-state index is 13.9. The molecule has 4 fully saturated rings. The molecule has 9 atom stereocenters. The van der Waals surface area contributed by atoms with Crippen molar-refractivity contribution in [2.75, 3.05) is 17.7 Å². The lowest BCUT2D eigenvalue weighted by Crippen LogP contribution is -2.69. The van der Waals surface area contributed by atoms with Crippen LogP contribution in [0.2, 0.25) is 0 Å². The van der Waals surface area contributed by atoms with Crippen molar-refractivity contribution in [3.63, 3.8) is 0 Å². The van der Waals surface area contributed by atoms with Gasteiger partial charge in [0.2, 0.25) is 10.0 Å². The fourth-order valence-corrected chi connectivity index (χ4v) is 15.1. The normalized spacial score (nSPS) is 38.8. The largest absolute Gasteiger partial charge is 0.465 e. The molecule has 5 aliphatic rings. The van der Waals surface area contributed by atoms with E-state index < -0.39 is 15.6 Å². The van der Waals surface area contributed by atoms with E-state index in [0.717, 1.165) is 38.5 Å². The van der Waals surface area contributed by atoms with Gasteiger partial charge >= 0.3 is 5.97 Å². The summed E-state index contributed by atoms with van der Waals surface area (Å²) in [5.74, 6) is 2.29. The number of allylic oxidation sites excluding steroid dienone is 3. The van der Waals surface area contributed by atoms with Gasteiger partial charge in [-0.1, -0.05) is 71.0 Å². The van der Waals surface area contributed by atoms with Crippen LogP contribution in [0.25, 0.3) is 5.57 Å². The van der Waals surface area contributed by atoms with Crippen LogP contribution in [0, 0.1) is 51.2 Å². The van der Waals surface area contributed by atoms with Crippen molar-refractivity contribution in [2.45, 2.75) is 105 Å². The zero-order chi connectivity index (χ0) is 36.1. The number of sulfonamides is 1. The van der Waals surface area contributed by atoms with E-state index >= 15 is 0 Å². The molecule has 0 aliphatic heterocycles. The molecule has 0 radical (unpaired) electrons. The summed E-state index contributed by atoms with van der Waals surface area (Å²) in [6, 6.07) is 13.7. The zero-order valence-electron chi connectivity index (χ0n) is 31.6. The molecule has 270 valence electrons. The van der Waals surface area contributed by atoms with Crippen molar-refractivity contribution in [3.05, 3.63) is 78.0 Å². The lowest BCUT2D eigenvalue weighted by atomic mass is 9.33. The Morgan fingerprint density at radius 2 is 1.62 bits per heavy atom. The van der Waals surface area contributed by atoms with Gasteiger partial charge in [0, 0.05) is 6.20 Å². The van der Waals surface area contributed by atoms with E-state index in [0.29, 0.717) is 35.1 Å². The fourth-order valence-electron chi connectivity index (χ4n) is 13.7. The minimum Gasteiger partial charge on any atom is -0.465 e. The van der Waals surface area contributed by atoms with Gasteiger partial charge in [0.1, 0.15) is 5.82 Å². The summed E-state index contributed by atoms with van der Waals surface area (Å²) in [5, 5.41) is 0. The molecule has 2 aromatic rings. The van der Waals surface area contributed by atoms with Crippen LogP contribution in [0.3, 0.4) is 0 Å². The predicted molar refractivity (Wildman–Crippen MR) is 202 cm³/mol. The van der Waals surface area contributed by atoms with Gasteiger partial charge in [0.25, 0.3) is 0 Å². The highest BCUT2D eigenvalue weighted by Crippen LogP contribution is 2.77. The smallest absolute Gasteiger partial charge is 0.337 e. The standard InChI is InChI=1S/C43H58N2O4S/c1-28(2)31-19-24-43(45(50(9,47)48)36-12-10-11-27-44-36)26-25-41(6)33(37(31)43)17-18-35-40(5)22-20-32(29-13-15-30(16-14-29)38(46)49-8)39(3,4)34(40)21-23-42(35,41)7/h10-16,20,27,31,33-35,37H,1,17-19,21-26H2,2-9H3/t31-,33+,34-,35+,37+,40-,41+,42+,43-/m0/s1. The molecule has 7 heteroatoms. The monoisotopic (exact) mass is 698 g/mol. The maximum Gasteiger partial charge on any atom is 0.337 e. The number of rotatable bonds is 6. The number of hydrogen-bond acceptors (Lipinski definition) is 5. The van der Waals surface area contributed by atoms with E-state index in [4.69, 9.17) is 4.74 Å². The van der Waals surface area contributed by atoms with E-state index in [1.165, 1.54) is 49.3 Å². The second-order valence-corrected chi connectivity index (χ2v) is 19.9. The first-order chi connectivity index (χ1) is 23.5. The Bertz CT molecular complexity index is 1820. The average Bonchev–Trinajstić information content (AvgIpc) is 3.45. The highest BCUT2D eigenvalue weighted by Gasteiger charge is 2.72. The van der Waals surface area contributed by atoms with Crippen molar-refractivity contribution >= 4 is 27.4 Å². The van der Waals surface area contributed by atoms with Crippen LogP contribution in [0.15, 0.2) is 66.9 Å². The molecule has 1 aromatic carbocycles. The number of hydrogen-bond donors (Lipinski definition) is 0. The quantitative estimate of drug-likeness (QED) is 0.222. The number of carbonyl (C=O) groups excluding carboxylic acids is 1. The number of ether oxygens (including phenoxy) is 1. The van der Waals surface area contributed by atoms with Crippen molar-refractivity contribution in [3.8, 4) is 0 Å². The molecule has 0 spiro atoms. The molecular weight excluding hydrogens is 641 g/mol.